The molecule has 6 heteroatoms. The van der Waals surface area contributed by atoms with Gasteiger partial charge >= 0.3 is 6.18 Å². The van der Waals surface area contributed by atoms with Gasteiger partial charge < -0.3 is 9.84 Å². The molecule has 1 atom stereocenters. The average molecular weight is 291 g/mol. The first-order valence-corrected chi connectivity index (χ1v) is 6.40. The number of methoxy groups -OCH3 is 1. The zero-order valence-electron chi connectivity index (χ0n) is 11.9. The molecule has 0 bridgehead atoms. The number of rotatable bonds is 6. The number of hydrogen-bond acceptors (Lipinski definition) is 3. The number of halogens is 3. The zero-order chi connectivity index (χ0) is 15.3. The lowest BCUT2D eigenvalue weighted by Crippen LogP contribution is -2.33. The van der Waals surface area contributed by atoms with E-state index in [0.29, 0.717) is 16.9 Å². The van der Waals surface area contributed by atoms with Crippen molar-refractivity contribution in [1.82, 2.24) is 4.90 Å². The van der Waals surface area contributed by atoms with Crippen molar-refractivity contribution >= 4 is 0 Å². The topological polar surface area (TPSA) is 32.7 Å². The van der Waals surface area contributed by atoms with Crippen molar-refractivity contribution < 1.29 is 23.0 Å². The van der Waals surface area contributed by atoms with Crippen LogP contribution >= 0.6 is 0 Å². The van der Waals surface area contributed by atoms with Crippen molar-refractivity contribution in [3.8, 4) is 5.75 Å². The Morgan fingerprint density at radius 3 is 2.45 bits per heavy atom. The molecule has 1 aromatic carbocycles. The molecule has 0 spiro atoms. The fraction of sp³-hybridized carbons (Fsp3) is 0.571. The summed E-state index contributed by atoms with van der Waals surface area (Å²) in [6.45, 7) is 2.72. The molecule has 0 heterocycles. The molecule has 1 unspecified atom stereocenters. The Morgan fingerprint density at radius 1 is 1.35 bits per heavy atom. The van der Waals surface area contributed by atoms with Gasteiger partial charge in [-0.3, -0.25) is 4.90 Å². The SMILES string of the molecule is CCN(Cc1cc(C(C)O)ccc1OC)CC(F)(F)F. The maximum absolute atomic E-state index is 12.5. The third-order valence-corrected chi connectivity index (χ3v) is 3.03. The fourth-order valence-corrected chi connectivity index (χ4v) is 1.96. The van der Waals surface area contributed by atoms with Crippen molar-refractivity contribution in [2.45, 2.75) is 32.7 Å². The highest BCUT2D eigenvalue weighted by molar-refractivity contribution is 5.38. The van der Waals surface area contributed by atoms with E-state index < -0.39 is 18.8 Å². The van der Waals surface area contributed by atoms with Crippen LogP contribution in [0.3, 0.4) is 0 Å². The van der Waals surface area contributed by atoms with Crippen LogP contribution in [0.25, 0.3) is 0 Å². The molecule has 114 valence electrons. The Hall–Kier alpha value is -1.27. The third kappa shape index (κ3) is 5.02. The first kappa shape index (κ1) is 16.8. The quantitative estimate of drug-likeness (QED) is 0.874. The van der Waals surface area contributed by atoms with Gasteiger partial charge in [0.25, 0.3) is 0 Å². The summed E-state index contributed by atoms with van der Waals surface area (Å²) in [4.78, 5) is 1.28. The molecule has 0 fully saturated rings. The molecule has 0 aliphatic heterocycles. The monoisotopic (exact) mass is 291 g/mol. The van der Waals surface area contributed by atoms with E-state index in [0.717, 1.165) is 0 Å². The Morgan fingerprint density at radius 2 is 2.00 bits per heavy atom. The van der Waals surface area contributed by atoms with Gasteiger partial charge in [0.15, 0.2) is 0 Å². The van der Waals surface area contributed by atoms with E-state index >= 15 is 0 Å². The van der Waals surface area contributed by atoms with Gasteiger partial charge in [0, 0.05) is 12.1 Å². The molecule has 0 aliphatic carbocycles. The van der Waals surface area contributed by atoms with Gasteiger partial charge in [0.2, 0.25) is 0 Å². The number of nitrogens with zero attached hydrogens (tertiary/aromatic N) is 1. The highest BCUT2D eigenvalue weighted by Gasteiger charge is 2.30. The molecular weight excluding hydrogens is 271 g/mol. The van der Waals surface area contributed by atoms with Crippen LogP contribution in [0.2, 0.25) is 0 Å². The number of ether oxygens (including phenoxy) is 1. The van der Waals surface area contributed by atoms with E-state index in [4.69, 9.17) is 4.74 Å². The van der Waals surface area contributed by atoms with Crippen molar-refractivity contribution in [3.63, 3.8) is 0 Å². The van der Waals surface area contributed by atoms with Gasteiger partial charge in [-0.15, -0.1) is 0 Å². The minimum Gasteiger partial charge on any atom is -0.496 e. The fourth-order valence-electron chi connectivity index (χ4n) is 1.96. The van der Waals surface area contributed by atoms with Crippen LogP contribution in [0.15, 0.2) is 18.2 Å². The van der Waals surface area contributed by atoms with Crippen molar-refractivity contribution in [3.05, 3.63) is 29.3 Å². The minimum atomic E-state index is -4.23. The number of hydrogen-bond donors (Lipinski definition) is 1. The molecule has 0 radical (unpaired) electrons. The van der Waals surface area contributed by atoms with Crippen molar-refractivity contribution in [2.75, 3.05) is 20.2 Å². The maximum atomic E-state index is 12.5. The van der Waals surface area contributed by atoms with Crippen LogP contribution in [-0.2, 0) is 6.54 Å². The Bertz CT molecular complexity index is 433. The largest absolute Gasteiger partial charge is 0.496 e. The van der Waals surface area contributed by atoms with E-state index in [9.17, 15) is 18.3 Å². The van der Waals surface area contributed by atoms with Gasteiger partial charge in [0.1, 0.15) is 5.75 Å². The summed E-state index contributed by atoms with van der Waals surface area (Å²) in [5.41, 5.74) is 1.29. The highest BCUT2D eigenvalue weighted by Crippen LogP contribution is 2.26. The molecule has 3 nitrogen and oxygen atoms in total. The summed E-state index contributed by atoms with van der Waals surface area (Å²) in [6, 6.07) is 5.05. The van der Waals surface area contributed by atoms with E-state index in [1.165, 1.54) is 12.0 Å². The van der Waals surface area contributed by atoms with E-state index in [2.05, 4.69) is 0 Å². The van der Waals surface area contributed by atoms with Crippen LogP contribution in [0.1, 0.15) is 31.1 Å². The Kier molecular flexibility index (Phi) is 5.83. The highest BCUT2D eigenvalue weighted by atomic mass is 19.4. The summed E-state index contributed by atoms with van der Waals surface area (Å²) in [5.74, 6) is 0.523. The summed E-state index contributed by atoms with van der Waals surface area (Å²) >= 11 is 0. The molecule has 1 aromatic rings. The molecular formula is C14H20F3NO2. The van der Waals surface area contributed by atoms with E-state index in [1.807, 2.05) is 0 Å². The van der Waals surface area contributed by atoms with E-state index in [-0.39, 0.29) is 13.1 Å². The predicted octanol–water partition coefficient (Wildman–Crippen LogP) is 3.13. The first-order chi connectivity index (χ1) is 9.26. The molecule has 1 N–H and O–H groups in total. The molecule has 1 rings (SSSR count). The van der Waals surface area contributed by atoms with Crippen molar-refractivity contribution in [2.24, 2.45) is 0 Å². The second-order valence-corrected chi connectivity index (χ2v) is 4.67. The van der Waals surface area contributed by atoms with Crippen LogP contribution in [0.5, 0.6) is 5.75 Å². The lowest BCUT2D eigenvalue weighted by atomic mass is 10.1. The molecule has 20 heavy (non-hydrogen) atoms. The molecule has 0 saturated carbocycles. The average Bonchev–Trinajstić information content (AvgIpc) is 2.36. The predicted molar refractivity (Wildman–Crippen MR) is 70.6 cm³/mol. The second-order valence-electron chi connectivity index (χ2n) is 4.67. The van der Waals surface area contributed by atoms with Crippen molar-refractivity contribution in [1.29, 1.82) is 0 Å². The number of aliphatic hydroxyl groups excluding tert-OH is 1. The van der Waals surface area contributed by atoms with Crippen LogP contribution in [0.4, 0.5) is 13.2 Å². The lowest BCUT2D eigenvalue weighted by Gasteiger charge is -2.23. The summed E-state index contributed by atoms with van der Waals surface area (Å²) in [6.07, 6.45) is -4.90. The third-order valence-electron chi connectivity index (χ3n) is 3.03. The standard InChI is InChI=1S/C14H20F3NO2/c1-4-18(9-14(15,16)17)8-12-7-11(10(2)19)5-6-13(12)20-3/h5-7,10,19H,4,8-9H2,1-3H3. The van der Waals surface area contributed by atoms with E-state index in [1.54, 1.807) is 32.0 Å². The smallest absolute Gasteiger partial charge is 0.401 e. The maximum Gasteiger partial charge on any atom is 0.401 e. The Labute approximate surface area is 117 Å². The lowest BCUT2D eigenvalue weighted by molar-refractivity contribution is -0.146. The summed E-state index contributed by atoms with van der Waals surface area (Å²) in [5, 5.41) is 9.56. The normalized spacial score (nSPS) is 13.6. The molecule has 0 saturated heterocycles. The van der Waals surface area contributed by atoms with Gasteiger partial charge in [-0.25, -0.2) is 0 Å². The van der Waals surface area contributed by atoms with Gasteiger partial charge in [-0.2, -0.15) is 13.2 Å². The Balaban J connectivity index is 2.95. The van der Waals surface area contributed by atoms with Gasteiger partial charge in [-0.05, 0) is 31.2 Å². The summed E-state index contributed by atoms with van der Waals surface area (Å²) in [7, 11) is 1.47. The molecule has 0 aliphatic rings. The van der Waals surface area contributed by atoms with Crippen LogP contribution < -0.4 is 4.74 Å². The molecule has 0 aromatic heterocycles. The number of benzene rings is 1. The minimum absolute atomic E-state index is 0.125. The summed E-state index contributed by atoms with van der Waals surface area (Å²) < 4.78 is 42.6. The zero-order valence-corrected chi connectivity index (χ0v) is 11.9. The van der Waals surface area contributed by atoms with Crippen LogP contribution in [-0.4, -0.2) is 36.4 Å². The van der Waals surface area contributed by atoms with Gasteiger partial charge in [-0.1, -0.05) is 13.0 Å². The number of aliphatic hydroxyl groups is 1. The molecule has 0 amide bonds. The van der Waals surface area contributed by atoms with Gasteiger partial charge in [0.05, 0.1) is 19.8 Å². The number of alkyl halides is 3. The van der Waals surface area contributed by atoms with Crippen LogP contribution in [0, 0.1) is 0 Å². The second kappa shape index (κ2) is 6.95. The first-order valence-electron chi connectivity index (χ1n) is 6.40.